The van der Waals surface area contributed by atoms with E-state index in [2.05, 4.69) is 29.8 Å². The molecule has 1 aromatic heterocycles. The van der Waals surface area contributed by atoms with Crippen LogP contribution in [0.25, 0.3) is 0 Å². The molecule has 0 bridgehead atoms. The standard InChI is InChI=1S/C6H12N2S2Si/c1-11(2,3)5-10-6-8-7-4-9-6/h4H,5H2,1-3H3. The van der Waals surface area contributed by atoms with Gasteiger partial charge in [-0.25, -0.2) is 0 Å². The van der Waals surface area contributed by atoms with E-state index in [4.69, 9.17) is 0 Å². The molecular weight excluding hydrogens is 192 g/mol. The molecule has 0 unspecified atom stereocenters. The number of hydrogen-bond donors (Lipinski definition) is 0. The molecule has 1 rings (SSSR count). The molecule has 5 heteroatoms. The smallest absolute Gasteiger partial charge is 0.146 e. The zero-order valence-corrected chi connectivity index (χ0v) is 9.63. The number of hydrogen-bond acceptors (Lipinski definition) is 4. The lowest BCUT2D eigenvalue weighted by atomic mass is 11.6. The molecule has 0 saturated heterocycles. The molecule has 62 valence electrons. The van der Waals surface area contributed by atoms with Gasteiger partial charge in [0.05, 0.1) is 8.07 Å². The fourth-order valence-electron chi connectivity index (χ4n) is 0.504. The number of nitrogens with zero attached hydrogens (tertiary/aromatic N) is 2. The van der Waals surface area contributed by atoms with Crippen LogP contribution in [0.1, 0.15) is 0 Å². The molecule has 0 spiro atoms. The van der Waals surface area contributed by atoms with Gasteiger partial charge in [0, 0.05) is 0 Å². The van der Waals surface area contributed by atoms with E-state index in [0.717, 1.165) is 4.34 Å². The van der Waals surface area contributed by atoms with Crippen molar-refractivity contribution in [2.45, 2.75) is 24.0 Å². The lowest BCUT2D eigenvalue weighted by Crippen LogP contribution is -2.23. The highest BCUT2D eigenvalue weighted by atomic mass is 32.2. The van der Waals surface area contributed by atoms with Gasteiger partial charge >= 0.3 is 0 Å². The van der Waals surface area contributed by atoms with E-state index in [1.807, 2.05) is 11.8 Å². The maximum Gasteiger partial charge on any atom is 0.173 e. The number of thioether (sulfide) groups is 1. The first kappa shape index (κ1) is 9.22. The summed E-state index contributed by atoms with van der Waals surface area (Å²) in [5, 5.41) is 9.00. The van der Waals surface area contributed by atoms with Gasteiger partial charge in [-0.05, 0) is 5.38 Å². The summed E-state index contributed by atoms with van der Waals surface area (Å²) in [6, 6.07) is 0. The molecule has 0 aliphatic rings. The van der Waals surface area contributed by atoms with E-state index in [0.29, 0.717) is 0 Å². The average molecular weight is 204 g/mol. The number of rotatable bonds is 3. The summed E-state index contributed by atoms with van der Waals surface area (Å²) in [6.45, 7) is 7.09. The molecule has 1 heterocycles. The minimum absolute atomic E-state index is 0.912. The van der Waals surface area contributed by atoms with Crippen molar-refractivity contribution in [3.63, 3.8) is 0 Å². The largest absolute Gasteiger partial charge is 0.173 e. The fourth-order valence-corrected chi connectivity index (χ4v) is 4.05. The SMILES string of the molecule is C[Si](C)(C)CSc1nncs1. The molecule has 0 saturated carbocycles. The molecule has 0 fully saturated rings. The monoisotopic (exact) mass is 204 g/mol. The highest BCUT2D eigenvalue weighted by molar-refractivity contribution is 8.02. The summed E-state index contributed by atoms with van der Waals surface area (Å²) in [7, 11) is -0.912. The molecule has 0 aliphatic heterocycles. The van der Waals surface area contributed by atoms with Crippen molar-refractivity contribution in [1.82, 2.24) is 10.2 Å². The van der Waals surface area contributed by atoms with E-state index in [9.17, 15) is 0 Å². The molecule has 0 radical (unpaired) electrons. The third-order valence-corrected chi connectivity index (χ3v) is 6.46. The topological polar surface area (TPSA) is 25.8 Å². The molecular formula is C6H12N2S2Si. The fraction of sp³-hybridized carbons (Fsp3) is 0.667. The Labute approximate surface area is 76.4 Å². The Morgan fingerprint density at radius 1 is 1.55 bits per heavy atom. The Balaban J connectivity index is 2.35. The van der Waals surface area contributed by atoms with Crippen LogP contribution in [0.15, 0.2) is 9.85 Å². The van der Waals surface area contributed by atoms with Crippen LogP contribution in [0.2, 0.25) is 19.6 Å². The molecule has 0 aliphatic carbocycles. The maximum absolute atomic E-state index is 3.97. The van der Waals surface area contributed by atoms with Crippen LogP contribution < -0.4 is 0 Å². The third kappa shape index (κ3) is 3.88. The minimum atomic E-state index is -0.912. The van der Waals surface area contributed by atoms with Crippen molar-refractivity contribution in [1.29, 1.82) is 0 Å². The van der Waals surface area contributed by atoms with Crippen molar-refractivity contribution in [3.05, 3.63) is 5.51 Å². The van der Waals surface area contributed by atoms with Crippen molar-refractivity contribution >= 4 is 31.2 Å². The van der Waals surface area contributed by atoms with Gasteiger partial charge in [-0.15, -0.1) is 10.2 Å². The number of aromatic nitrogens is 2. The lowest BCUT2D eigenvalue weighted by molar-refractivity contribution is 1.01. The molecule has 0 N–H and O–H groups in total. The summed E-state index contributed by atoms with van der Waals surface area (Å²) in [4.78, 5) is 0. The highest BCUT2D eigenvalue weighted by Gasteiger charge is 2.13. The van der Waals surface area contributed by atoms with Crippen molar-refractivity contribution in [3.8, 4) is 0 Å². The van der Waals surface area contributed by atoms with Gasteiger partial charge in [-0.3, -0.25) is 0 Å². The first-order valence-corrected chi connectivity index (χ1v) is 9.04. The summed E-state index contributed by atoms with van der Waals surface area (Å²) >= 11 is 3.47. The van der Waals surface area contributed by atoms with Crippen LogP contribution in [-0.2, 0) is 0 Å². The second-order valence-corrected chi connectivity index (χ2v) is 11.6. The van der Waals surface area contributed by atoms with Crippen LogP contribution in [0.4, 0.5) is 0 Å². The average Bonchev–Trinajstić information content (AvgIpc) is 2.32. The molecule has 11 heavy (non-hydrogen) atoms. The Morgan fingerprint density at radius 2 is 2.27 bits per heavy atom. The van der Waals surface area contributed by atoms with Crippen molar-refractivity contribution in [2.24, 2.45) is 0 Å². The first-order chi connectivity index (χ1) is 5.08. The molecule has 0 amide bonds. The quantitative estimate of drug-likeness (QED) is 0.559. The third-order valence-electron chi connectivity index (χ3n) is 0.969. The summed E-state index contributed by atoms with van der Waals surface area (Å²) < 4.78 is 1.10. The van der Waals surface area contributed by atoms with Gasteiger partial charge in [-0.2, -0.15) is 0 Å². The second-order valence-electron chi connectivity index (χ2n) is 3.55. The first-order valence-electron chi connectivity index (χ1n) is 3.47. The van der Waals surface area contributed by atoms with E-state index in [1.165, 1.54) is 5.38 Å². The maximum atomic E-state index is 3.97. The van der Waals surface area contributed by atoms with E-state index >= 15 is 0 Å². The highest BCUT2D eigenvalue weighted by Crippen LogP contribution is 2.22. The van der Waals surface area contributed by atoms with Crippen molar-refractivity contribution < 1.29 is 0 Å². The van der Waals surface area contributed by atoms with Crippen LogP contribution >= 0.6 is 23.1 Å². The Hall–Kier alpha value is 0.127. The predicted octanol–water partition coefficient (Wildman–Crippen LogP) is 2.51. The van der Waals surface area contributed by atoms with Gasteiger partial charge in [0.15, 0.2) is 4.34 Å². The Morgan fingerprint density at radius 3 is 2.73 bits per heavy atom. The van der Waals surface area contributed by atoms with E-state index < -0.39 is 8.07 Å². The van der Waals surface area contributed by atoms with Gasteiger partial charge in [0.2, 0.25) is 0 Å². The van der Waals surface area contributed by atoms with Crippen molar-refractivity contribution in [2.75, 3.05) is 5.38 Å². The lowest BCUT2D eigenvalue weighted by Gasteiger charge is -2.12. The zero-order chi connectivity index (χ0) is 8.32. The van der Waals surface area contributed by atoms with Crippen LogP contribution in [0, 0.1) is 0 Å². The Kier molecular flexibility index (Phi) is 3.09. The van der Waals surface area contributed by atoms with Crippen LogP contribution in [-0.4, -0.2) is 23.6 Å². The van der Waals surface area contributed by atoms with E-state index in [1.54, 1.807) is 16.8 Å². The summed E-state index contributed by atoms with van der Waals surface area (Å²) in [5.74, 6) is 0. The van der Waals surface area contributed by atoms with Gasteiger partial charge in [0.1, 0.15) is 5.51 Å². The van der Waals surface area contributed by atoms with Gasteiger partial charge < -0.3 is 0 Å². The van der Waals surface area contributed by atoms with E-state index in [-0.39, 0.29) is 0 Å². The zero-order valence-electron chi connectivity index (χ0n) is 7.00. The summed E-state index contributed by atoms with van der Waals surface area (Å²) in [5.41, 5.74) is 1.78. The second kappa shape index (κ2) is 3.69. The van der Waals surface area contributed by atoms with Crippen LogP contribution in [0.3, 0.4) is 0 Å². The molecule has 0 atom stereocenters. The minimum Gasteiger partial charge on any atom is -0.146 e. The predicted molar refractivity (Wildman–Crippen MR) is 54.0 cm³/mol. The molecule has 2 nitrogen and oxygen atoms in total. The summed E-state index contributed by atoms with van der Waals surface area (Å²) in [6.07, 6.45) is 0. The van der Waals surface area contributed by atoms with Crippen LogP contribution in [0.5, 0.6) is 0 Å². The Bertz CT molecular complexity index is 205. The molecule has 0 aromatic carbocycles. The van der Waals surface area contributed by atoms with Gasteiger partial charge in [-0.1, -0.05) is 42.7 Å². The molecule has 1 aromatic rings. The van der Waals surface area contributed by atoms with Gasteiger partial charge in [0.25, 0.3) is 0 Å². The normalized spacial score (nSPS) is 11.9.